The second-order valence-corrected chi connectivity index (χ2v) is 5.76. The molecule has 0 saturated heterocycles. The highest BCUT2D eigenvalue weighted by Crippen LogP contribution is 2.20. The van der Waals surface area contributed by atoms with Crippen molar-refractivity contribution in [2.75, 3.05) is 5.32 Å². The normalized spacial score (nSPS) is 10.7. The largest absolute Gasteiger partial charge is 0.324 e. The topological polar surface area (TPSA) is 59.8 Å². The number of hydrogen-bond donors (Lipinski definition) is 1. The predicted octanol–water partition coefficient (Wildman–Crippen LogP) is 3.60. The molecule has 1 aromatic heterocycles. The number of hydrogen-bond acceptors (Lipinski definition) is 3. The second-order valence-electron chi connectivity index (χ2n) is 5.76. The number of anilines is 1. The summed E-state index contributed by atoms with van der Waals surface area (Å²) in [7, 11) is 0. The van der Waals surface area contributed by atoms with Crippen LogP contribution in [0.3, 0.4) is 0 Å². The molecule has 0 aliphatic rings. The second kappa shape index (κ2) is 6.57. The van der Waals surface area contributed by atoms with E-state index in [2.05, 4.69) is 33.6 Å². The van der Waals surface area contributed by atoms with Gasteiger partial charge in [0, 0.05) is 0 Å². The van der Waals surface area contributed by atoms with E-state index in [9.17, 15) is 4.79 Å². The Kier molecular flexibility index (Phi) is 3.96. The third-order valence-corrected chi connectivity index (χ3v) is 4.02. The number of para-hydroxylation sites is 2. The molecule has 0 fully saturated rings. The maximum atomic E-state index is 12.5. The zero-order valence-electron chi connectivity index (χ0n) is 13.5. The van der Waals surface area contributed by atoms with Crippen LogP contribution in [0.15, 0.2) is 79.4 Å². The molecular weight excluding hydrogens is 312 g/mol. The van der Waals surface area contributed by atoms with E-state index in [4.69, 9.17) is 0 Å². The summed E-state index contributed by atoms with van der Waals surface area (Å²) in [6.45, 7) is 0. The average Bonchev–Trinajstić information content (AvgIpc) is 3.16. The summed E-state index contributed by atoms with van der Waals surface area (Å²) in [5.41, 5.74) is 2.47. The Hall–Kier alpha value is -3.47. The summed E-state index contributed by atoms with van der Waals surface area (Å²) in [5.74, 6) is -0.0668. The summed E-state index contributed by atoms with van der Waals surface area (Å²) in [5, 5.41) is 9.40. The fraction of sp³-hybridized carbons (Fsp3) is 0.0500. The first kappa shape index (κ1) is 15.1. The first-order valence-corrected chi connectivity index (χ1v) is 8.01. The fourth-order valence-electron chi connectivity index (χ4n) is 2.84. The molecular formula is C20H16N4O. The molecule has 5 nitrogen and oxygen atoms in total. The van der Waals surface area contributed by atoms with Gasteiger partial charge in [-0.25, -0.2) is 9.67 Å². The number of rotatable bonds is 4. The van der Waals surface area contributed by atoms with E-state index in [1.807, 2.05) is 48.5 Å². The Labute approximate surface area is 144 Å². The number of fused-ring (bicyclic) bond motifs is 1. The minimum Gasteiger partial charge on any atom is -0.324 e. The maximum absolute atomic E-state index is 12.5. The van der Waals surface area contributed by atoms with Gasteiger partial charge in [0.15, 0.2) is 0 Å². The van der Waals surface area contributed by atoms with Gasteiger partial charge < -0.3 is 5.32 Å². The molecule has 5 heteroatoms. The third kappa shape index (κ3) is 3.26. The molecule has 4 aromatic rings. The van der Waals surface area contributed by atoms with Gasteiger partial charge in [-0.05, 0) is 28.5 Å². The number of carbonyl (C=O) groups excluding carboxylic acids is 1. The Morgan fingerprint density at radius 1 is 0.960 bits per heavy atom. The lowest BCUT2D eigenvalue weighted by molar-refractivity contribution is -0.115. The SMILES string of the molecule is O=C(Cc1ccc2ccccc2c1)Nc1ccccc1-n1cncn1. The maximum Gasteiger partial charge on any atom is 0.228 e. The summed E-state index contributed by atoms with van der Waals surface area (Å²) >= 11 is 0. The van der Waals surface area contributed by atoms with Crippen molar-refractivity contribution < 1.29 is 4.79 Å². The molecule has 1 heterocycles. The first-order valence-electron chi connectivity index (χ1n) is 8.01. The molecule has 0 aliphatic carbocycles. The minimum atomic E-state index is -0.0668. The molecule has 0 unspecified atom stereocenters. The van der Waals surface area contributed by atoms with Crippen molar-refractivity contribution >= 4 is 22.4 Å². The summed E-state index contributed by atoms with van der Waals surface area (Å²) in [6, 6.07) is 21.7. The molecule has 0 radical (unpaired) electrons. The molecule has 25 heavy (non-hydrogen) atoms. The number of benzene rings is 3. The van der Waals surface area contributed by atoms with Crippen molar-refractivity contribution in [2.24, 2.45) is 0 Å². The molecule has 122 valence electrons. The molecule has 0 bridgehead atoms. The highest BCUT2D eigenvalue weighted by molar-refractivity contribution is 5.95. The average molecular weight is 328 g/mol. The molecule has 0 spiro atoms. The first-order chi connectivity index (χ1) is 12.3. The van der Waals surface area contributed by atoms with Gasteiger partial charge in [0.1, 0.15) is 12.7 Å². The van der Waals surface area contributed by atoms with Gasteiger partial charge in [-0.1, -0.05) is 54.6 Å². The standard InChI is InChI=1S/C20H16N4O/c25-20(12-15-9-10-16-5-1-2-6-17(16)11-15)23-18-7-3-4-8-19(18)24-14-21-13-22-24/h1-11,13-14H,12H2,(H,23,25). The lowest BCUT2D eigenvalue weighted by atomic mass is 10.0. The molecule has 4 rings (SSSR count). The van der Waals surface area contributed by atoms with Crippen molar-refractivity contribution in [3.8, 4) is 5.69 Å². The van der Waals surface area contributed by atoms with E-state index in [1.54, 1.807) is 11.0 Å². The predicted molar refractivity (Wildman–Crippen MR) is 97.6 cm³/mol. The molecule has 1 N–H and O–H groups in total. The zero-order chi connectivity index (χ0) is 17.1. The lowest BCUT2D eigenvalue weighted by Crippen LogP contribution is -2.16. The van der Waals surface area contributed by atoms with Gasteiger partial charge in [0.25, 0.3) is 0 Å². The van der Waals surface area contributed by atoms with Gasteiger partial charge in [-0.2, -0.15) is 5.10 Å². The van der Waals surface area contributed by atoms with Crippen molar-refractivity contribution in [3.63, 3.8) is 0 Å². The van der Waals surface area contributed by atoms with Crippen LogP contribution in [0.1, 0.15) is 5.56 Å². The van der Waals surface area contributed by atoms with E-state index in [0.29, 0.717) is 12.1 Å². The van der Waals surface area contributed by atoms with Crippen molar-refractivity contribution in [2.45, 2.75) is 6.42 Å². The highest BCUT2D eigenvalue weighted by atomic mass is 16.1. The van der Waals surface area contributed by atoms with Crippen LogP contribution in [-0.4, -0.2) is 20.7 Å². The number of amides is 1. The van der Waals surface area contributed by atoms with Crippen molar-refractivity contribution in [1.82, 2.24) is 14.8 Å². The number of nitrogens with zero attached hydrogens (tertiary/aromatic N) is 3. The highest BCUT2D eigenvalue weighted by Gasteiger charge is 2.09. The van der Waals surface area contributed by atoms with Crippen LogP contribution < -0.4 is 5.32 Å². The molecule has 3 aromatic carbocycles. The van der Waals surface area contributed by atoms with Gasteiger partial charge in [0.05, 0.1) is 17.8 Å². The van der Waals surface area contributed by atoms with E-state index >= 15 is 0 Å². The zero-order valence-corrected chi connectivity index (χ0v) is 13.5. The van der Waals surface area contributed by atoms with Crippen molar-refractivity contribution in [3.05, 3.63) is 84.9 Å². The molecule has 0 aliphatic heterocycles. The van der Waals surface area contributed by atoms with Crippen LogP contribution in [0.4, 0.5) is 5.69 Å². The van der Waals surface area contributed by atoms with Crippen LogP contribution in [0, 0.1) is 0 Å². The lowest BCUT2D eigenvalue weighted by Gasteiger charge is -2.11. The monoisotopic (exact) mass is 328 g/mol. The van der Waals surface area contributed by atoms with Crippen molar-refractivity contribution in [1.29, 1.82) is 0 Å². The van der Waals surface area contributed by atoms with Crippen LogP contribution >= 0.6 is 0 Å². The number of aromatic nitrogens is 3. The van der Waals surface area contributed by atoms with Gasteiger partial charge in [-0.15, -0.1) is 0 Å². The minimum absolute atomic E-state index is 0.0668. The quantitative estimate of drug-likeness (QED) is 0.622. The summed E-state index contributed by atoms with van der Waals surface area (Å²) in [4.78, 5) is 16.4. The Balaban J connectivity index is 1.54. The molecule has 1 amide bonds. The third-order valence-electron chi connectivity index (χ3n) is 4.02. The summed E-state index contributed by atoms with van der Waals surface area (Å²) < 4.78 is 1.63. The van der Waals surface area contributed by atoms with Gasteiger partial charge >= 0.3 is 0 Å². The Morgan fingerprint density at radius 2 is 1.76 bits per heavy atom. The smallest absolute Gasteiger partial charge is 0.228 e. The molecule has 0 saturated carbocycles. The van der Waals surface area contributed by atoms with Crippen LogP contribution in [-0.2, 0) is 11.2 Å². The van der Waals surface area contributed by atoms with Gasteiger partial charge in [0.2, 0.25) is 5.91 Å². The van der Waals surface area contributed by atoms with E-state index in [0.717, 1.165) is 16.6 Å². The number of carbonyl (C=O) groups is 1. The van der Waals surface area contributed by atoms with Crippen LogP contribution in [0.5, 0.6) is 0 Å². The fourth-order valence-corrected chi connectivity index (χ4v) is 2.84. The summed E-state index contributed by atoms with van der Waals surface area (Å²) in [6.07, 6.45) is 3.39. The van der Waals surface area contributed by atoms with Crippen LogP contribution in [0.25, 0.3) is 16.5 Å². The van der Waals surface area contributed by atoms with Crippen LogP contribution in [0.2, 0.25) is 0 Å². The van der Waals surface area contributed by atoms with E-state index in [1.165, 1.54) is 11.7 Å². The Bertz CT molecular complexity index is 1020. The number of nitrogens with one attached hydrogen (secondary N) is 1. The van der Waals surface area contributed by atoms with Gasteiger partial charge in [-0.3, -0.25) is 4.79 Å². The Morgan fingerprint density at radius 3 is 2.60 bits per heavy atom. The molecule has 0 atom stereocenters. The van der Waals surface area contributed by atoms with E-state index < -0.39 is 0 Å². The van der Waals surface area contributed by atoms with E-state index in [-0.39, 0.29) is 5.91 Å².